The molecule has 0 bridgehead atoms. The van der Waals surface area contributed by atoms with Crippen molar-refractivity contribution in [2.75, 3.05) is 25.6 Å². The first-order valence-corrected chi connectivity index (χ1v) is 11.9. The van der Waals surface area contributed by atoms with E-state index in [1.165, 1.54) is 42.2 Å². The minimum atomic E-state index is -3.57. The molecule has 11 heteroatoms. The Bertz CT molecular complexity index is 1240. The molecule has 0 amide bonds. The van der Waals surface area contributed by atoms with Crippen LogP contribution in [-0.4, -0.2) is 55.1 Å². The molecule has 0 fully saturated rings. The number of esters is 1. The van der Waals surface area contributed by atoms with Gasteiger partial charge in [0.25, 0.3) is 0 Å². The van der Waals surface area contributed by atoms with Gasteiger partial charge in [-0.15, -0.1) is 0 Å². The summed E-state index contributed by atoms with van der Waals surface area (Å²) in [6.45, 7) is 4.33. The van der Waals surface area contributed by atoms with Gasteiger partial charge in [0.15, 0.2) is 11.5 Å². The largest absolute Gasteiger partial charge is 0.493 e. The standard InChI is InChI=1S/C23H25N5O5S/c1-4-28(5-2)34(30,31)19-9-11-22(25-16-19)27-26-14-17-8-10-20(21(13-17)32-3)33-23(29)18-7-6-12-24-15-18/h6-16H,4-5H2,1-3H3,(H,25,27)/b26-14+. The van der Waals surface area contributed by atoms with Crippen LogP contribution in [-0.2, 0) is 10.0 Å². The zero-order valence-electron chi connectivity index (χ0n) is 19.0. The van der Waals surface area contributed by atoms with Crippen LogP contribution in [0.1, 0.15) is 29.8 Å². The molecule has 0 radical (unpaired) electrons. The Kier molecular flexibility index (Phi) is 8.28. The molecule has 0 saturated heterocycles. The summed E-state index contributed by atoms with van der Waals surface area (Å²) in [6.07, 6.45) is 5.80. The normalized spacial score (nSPS) is 11.5. The number of nitrogens with zero attached hydrogens (tertiary/aromatic N) is 4. The van der Waals surface area contributed by atoms with Crippen LogP contribution >= 0.6 is 0 Å². The molecule has 0 spiro atoms. The Morgan fingerprint density at radius 2 is 1.91 bits per heavy atom. The highest BCUT2D eigenvalue weighted by Gasteiger charge is 2.21. The summed E-state index contributed by atoms with van der Waals surface area (Å²) in [5, 5.41) is 4.12. The molecule has 1 N–H and O–H groups in total. The molecule has 0 aliphatic rings. The molecule has 0 atom stereocenters. The third-order valence-electron chi connectivity index (χ3n) is 4.76. The van der Waals surface area contributed by atoms with Gasteiger partial charge in [-0.1, -0.05) is 13.8 Å². The van der Waals surface area contributed by atoms with Gasteiger partial charge in [-0.05, 0) is 48.0 Å². The molecule has 34 heavy (non-hydrogen) atoms. The predicted molar refractivity (Wildman–Crippen MR) is 128 cm³/mol. The molecular weight excluding hydrogens is 458 g/mol. The number of carbonyl (C=O) groups is 1. The number of hydrazone groups is 1. The summed E-state index contributed by atoms with van der Waals surface area (Å²) in [7, 11) is -2.10. The van der Waals surface area contributed by atoms with Crippen molar-refractivity contribution in [2.24, 2.45) is 5.10 Å². The Balaban J connectivity index is 1.66. The quantitative estimate of drug-likeness (QED) is 0.202. The summed E-state index contributed by atoms with van der Waals surface area (Å²) in [5.41, 5.74) is 3.75. The van der Waals surface area contributed by atoms with Gasteiger partial charge < -0.3 is 9.47 Å². The first-order valence-electron chi connectivity index (χ1n) is 10.4. The van der Waals surface area contributed by atoms with Crippen molar-refractivity contribution in [2.45, 2.75) is 18.7 Å². The highest BCUT2D eigenvalue weighted by atomic mass is 32.2. The van der Waals surface area contributed by atoms with Crippen LogP contribution in [0.4, 0.5) is 5.82 Å². The lowest BCUT2D eigenvalue weighted by molar-refractivity contribution is 0.0729. The van der Waals surface area contributed by atoms with Crippen molar-refractivity contribution < 1.29 is 22.7 Å². The van der Waals surface area contributed by atoms with E-state index >= 15 is 0 Å². The van der Waals surface area contributed by atoms with Crippen molar-refractivity contribution >= 4 is 28.0 Å². The summed E-state index contributed by atoms with van der Waals surface area (Å²) in [6, 6.07) is 11.2. The second-order valence-electron chi connectivity index (χ2n) is 6.88. The van der Waals surface area contributed by atoms with Gasteiger partial charge >= 0.3 is 5.97 Å². The van der Waals surface area contributed by atoms with Crippen LogP contribution in [0.3, 0.4) is 0 Å². The number of benzene rings is 1. The van der Waals surface area contributed by atoms with Gasteiger partial charge in [0.1, 0.15) is 10.7 Å². The molecule has 3 aromatic rings. The van der Waals surface area contributed by atoms with Gasteiger partial charge in [0, 0.05) is 31.7 Å². The van der Waals surface area contributed by atoms with E-state index in [1.807, 2.05) is 0 Å². The maximum atomic E-state index is 12.5. The van der Waals surface area contributed by atoms with Gasteiger partial charge in [-0.3, -0.25) is 10.4 Å². The van der Waals surface area contributed by atoms with Gasteiger partial charge in [-0.2, -0.15) is 9.41 Å². The number of sulfonamides is 1. The van der Waals surface area contributed by atoms with Crippen LogP contribution in [0.25, 0.3) is 0 Å². The lowest BCUT2D eigenvalue weighted by atomic mass is 10.2. The monoisotopic (exact) mass is 483 g/mol. The number of hydrogen-bond acceptors (Lipinski definition) is 9. The number of rotatable bonds is 10. The minimum Gasteiger partial charge on any atom is -0.493 e. The highest BCUT2D eigenvalue weighted by molar-refractivity contribution is 7.89. The van der Waals surface area contributed by atoms with Crippen molar-refractivity contribution in [1.29, 1.82) is 0 Å². The third kappa shape index (κ3) is 5.94. The van der Waals surface area contributed by atoms with E-state index in [4.69, 9.17) is 9.47 Å². The Morgan fingerprint density at radius 1 is 1.12 bits per heavy atom. The van der Waals surface area contributed by atoms with Crippen LogP contribution in [0.2, 0.25) is 0 Å². The SMILES string of the molecule is CCN(CC)S(=O)(=O)c1ccc(N/N=C/c2ccc(OC(=O)c3cccnc3)c(OC)c2)nc1. The molecule has 3 rings (SSSR count). The van der Waals surface area contributed by atoms with Crippen molar-refractivity contribution in [3.63, 3.8) is 0 Å². The average Bonchev–Trinajstić information content (AvgIpc) is 2.86. The zero-order chi connectivity index (χ0) is 24.6. The fourth-order valence-corrected chi connectivity index (χ4v) is 4.38. The third-order valence-corrected chi connectivity index (χ3v) is 6.79. The number of nitrogens with one attached hydrogen (secondary N) is 1. The second kappa shape index (κ2) is 11.3. The van der Waals surface area contributed by atoms with Crippen LogP contribution in [0.5, 0.6) is 11.5 Å². The van der Waals surface area contributed by atoms with E-state index in [1.54, 1.807) is 50.4 Å². The highest BCUT2D eigenvalue weighted by Crippen LogP contribution is 2.28. The number of hydrogen-bond donors (Lipinski definition) is 1. The molecule has 0 aliphatic heterocycles. The van der Waals surface area contributed by atoms with E-state index < -0.39 is 16.0 Å². The molecule has 2 aromatic heterocycles. The number of pyridine rings is 2. The molecule has 10 nitrogen and oxygen atoms in total. The molecule has 1 aromatic carbocycles. The topological polar surface area (TPSA) is 123 Å². The maximum absolute atomic E-state index is 12.5. The number of anilines is 1. The number of aromatic nitrogens is 2. The number of methoxy groups -OCH3 is 1. The van der Waals surface area contributed by atoms with E-state index in [2.05, 4.69) is 20.5 Å². The van der Waals surface area contributed by atoms with E-state index in [0.29, 0.717) is 35.8 Å². The maximum Gasteiger partial charge on any atom is 0.345 e. The summed E-state index contributed by atoms with van der Waals surface area (Å²) in [5.74, 6) is 0.439. The first-order chi connectivity index (χ1) is 16.4. The Hall–Kier alpha value is -3.83. The molecule has 0 saturated carbocycles. The van der Waals surface area contributed by atoms with Crippen molar-refractivity contribution in [1.82, 2.24) is 14.3 Å². The molecule has 0 aliphatic carbocycles. The predicted octanol–water partition coefficient (Wildman–Crippen LogP) is 3.18. The second-order valence-corrected chi connectivity index (χ2v) is 8.82. The number of ether oxygens (including phenoxy) is 2. The van der Waals surface area contributed by atoms with Gasteiger partial charge in [0.2, 0.25) is 10.0 Å². The lowest BCUT2D eigenvalue weighted by Crippen LogP contribution is -2.30. The molecule has 2 heterocycles. The molecular formula is C23H25N5O5S. The molecule has 178 valence electrons. The van der Waals surface area contributed by atoms with Crippen LogP contribution < -0.4 is 14.9 Å². The Labute approximate surface area is 198 Å². The van der Waals surface area contributed by atoms with Crippen LogP contribution in [0.15, 0.2) is 71.1 Å². The average molecular weight is 484 g/mol. The summed E-state index contributed by atoms with van der Waals surface area (Å²) < 4.78 is 37.1. The van der Waals surface area contributed by atoms with E-state index in [9.17, 15) is 13.2 Å². The first kappa shape index (κ1) is 24.8. The summed E-state index contributed by atoms with van der Waals surface area (Å²) >= 11 is 0. The molecule has 0 unspecified atom stereocenters. The number of carbonyl (C=O) groups excluding carboxylic acids is 1. The Morgan fingerprint density at radius 3 is 2.53 bits per heavy atom. The van der Waals surface area contributed by atoms with E-state index in [-0.39, 0.29) is 10.6 Å². The zero-order valence-corrected chi connectivity index (χ0v) is 19.8. The van der Waals surface area contributed by atoms with Crippen molar-refractivity contribution in [3.8, 4) is 11.5 Å². The van der Waals surface area contributed by atoms with Crippen molar-refractivity contribution in [3.05, 3.63) is 72.2 Å². The van der Waals surface area contributed by atoms with Gasteiger partial charge in [-0.25, -0.2) is 18.2 Å². The minimum absolute atomic E-state index is 0.117. The van der Waals surface area contributed by atoms with Crippen LogP contribution in [0, 0.1) is 0 Å². The van der Waals surface area contributed by atoms with Gasteiger partial charge in [0.05, 0.1) is 18.9 Å². The fraction of sp³-hybridized carbons (Fsp3) is 0.217. The fourth-order valence-electron chi connectivity index (χ4n) is 2.98. The summed E-state index contributed by atoms with van der Waals surface area (Å²) in [4.78, 5) is 20.4. The van der Waals surface area contributed by atoms with E-state index in [0.717, 1.165) is 0 Å². The lowest BCUT2D eigenvalue weighted by Gasteiger charge is -2.18. The smallest absolute Gasteiger partial charge is 0.345 e.